The van der Waals surface area contributed by atoms with Crippen LogP contribution in [0.25, 0.3) is 5.32 Å². The summed E-state index contributed by atoms with van der Waals surface area (Å²) in [5.41, 5.74) is 0. The zero-order valence-corrected chi connectivity index (χ0v) is 14.1. The van der Waals surface area contributed by atoms with E-state index in [1.165, 1.54) is 12.8 Å². The summed E-state index contributed by atoms with van der Waals surface area (Å²) in [7, 11) is -5.01. The maximum atomic E-state index is 11.4. The molecule has 0 aliphatic heterocycles. The lowest BCUT2D eigenvalue weighted by molar-refractivity contribution is -0.230. The van der Waals surface area contributed by atoms with Gasteiger partial charge in [0, 0.05) is 0 Å². The molecule has 0 saturated carbocycles. The van der Waals surface area contributed by atoms with Crippen molar-refractivity contribution in [1.82, 2.24) is 0 Å². The van der Waals surface area contributed by atoms with Crippen molar-refractivity contribution in [1.29, 1.82) is 0 Å². The molecule has 0 radical (unpaired) electrons. The van der Waals surface area contributed by atoms with Gasteiger partial charge in [-0.2, -0.15) is 0 Å². The van der Waals surface area contributed by atoms with Gasteiger partial charge in [-0.15, -0.1) is 12.1 Å². The zero-order valence-electron chi connectivity index (χ0n) is 13.2. The molecule has 2 atom stereocenters. The van der Waals surface area contributed by atoms with Crippen LogP contribution in [-0.2, 0) is 13.6 Å². The molecule has 5 nitrogen and oxygen atoms in total. The van der Waals surface area contributed by atoms with Crippen molar-refractivity contribution in [3.8, 4) is 0 Å². The molecular formula is C12H24F4NO4P-2. The molecule has 0 rings (SSSR count). The van der Waals surface area contributed by atoms with E-state index in [4.69, 9.17) is 0 Å². The van der Waals surface area contributed by atoms with Crippen LogP contribution in [0.15, 0.2) is 0 Å². The van der Waals surface area contributed by atoms with E-state index in [2.05, 4.69) is 42.1 Å². The fraction of sp³-hybridized carbons (Fsp3) is 1.00. The Balaban J connectivity index is 0. The van der Waals surface area contributed by atoms with Crippen molar-refractivity contribution in [3.05, 3.63) is 5.32 Å². The number of hydrogen-bond acceptors (Lipinski definition) is 4. The van der Waals surface area contributed by atoms with Gasteiger partial charge in [-0.05, 0) is 0 Å². The molecule has 0 aromatic rings. The topological polar surface area (TPSA) is 72.7 Å². The zero-order chi connectivity index (χ0) is 17.8. The second kappa shape index (κ2) is 13.2. The molecule has 0 saturated heterocycles. The summed E-state index contributed by atoms with van der Waals surface area (Å²) in [4.78, 5) is 10.4. The molecule has 0 spiro atoms. The smallest absolute Gasteiger partial charge is 0.268 e. The van der Waals surface area contributed by atoms with Crippen LogP contribution in [-0.4, -0.2) is 38.1 Å². The Bertz CT molecular complexity index is 287. The summed E-state index contributed by atoms with van der Waals surface area (Å²) in [6.07, 6.45) is -3.66. The first-order valence-electron chi connectivity index (χ1n) is 6.90. The first-order valence-corrected chi connectivity index (χ1v) is 8.36. The number of rotatable bonds is 10. The minimum atomic E-state index is -5.01. The lowest BCUT2D eigenvalue weighted by Crippen LogP contribution is -2.15. The highest BCUT2D eigenvalue weighted by molar-refractivity contribution is 7.45. The Morgan fingerprint density at radius 2 is 1.27 bits per heavy atom. The van der Waals surface area contributed by atoms with Crippen LogP contribution >= 0.6 is 7.82 Å². The highest BCUT2D eigenvalue weighted by Gasteiger charge is 2.15. The monoisotopic (exact) mass is 353 g/mol. The van der Waals surface area contributed by atoms with Crippen LogP contribution in [0.2, 0.25) is 0 Å². The number of hydrogen-bond donors (Lipinski definition) is 0. The van der Waals surface area contributed by atoms with Crippen LogP contribution in [0.4, 0.5) is 17.6 Å². The minimum absolute atomic E-state index is 0.556. The molecule has 0 aliphatic carbocycles. The molecule has 136 valence electrons. The third-order valence-electron chi connectivity index (χ3n) is 2.41. The fourth-order valence-electron chi connectivity index (χ4n) is 0.978. The van der Waals surface area contributed by atoms with E-state index in [1.807, 2.05) is 0 Å². The highest BCUT2D eigenvalue weighted by Crippen LogP contribution is 2.38. The standard InChI is InChI=1S/C8H18N.C4H7F4O4P/c1-5-7(3)9-8(4)6-2;5-3(6)1-11-13(9,10)12-2-4(7)8/h7-8H,5-6H2,1-4H3;3-4H,1-2H2,(H,9,10)/q-1;/p-1. The maximum absolute atomic E-state index is 11.4. The molecule has 2 unspecified atom stereocenters. The van der Waals surface area contributed by atoms with E-state index in [0.717, 1.165) is 0 Å². The van der Waals surface area contributed by atoms with Crippen LogP contribution in [0.5, 0.6) is 0 Å². The van der Waals surface area contributed by atoms with Crippen molar-refractivity contribution in [2.24, 2.45) is 0 Å². The summed E-state index contributed by atoms with van der Waals surface area (Å²) in [5.74, 6) is 0. The largest absolute Gasteiger partial charge is 0.756 e. The second-order valence-corrected chi connectivity index (χ2v) is 5.90. The predicted octanol–water partition coefficient (Wildman–Crippen LogP) is 3.98. The Labute approximate surface area is 129 Å². The fourth-order valence-corrected chi connectivity index (χ4v) is 1.64. The Kier molecular flexibility index (Phi) is 14.5. The Hall–Kier alpha value is -0.210. The third kappa shape index (κ3) is 17.8. The first-order chi connectivity index (χ1) is 10.0. The van der Waals surface area contributed by atoms with E-state index in [-0.39, 0.29) is 0 Å². The quantitative estimate of drug-likeness (QED) is 0.440. The van der Waals surface area contributed by atoms with Crippen LogP contribution in [0, 0.1) is 0 Å². The SMILES string of the molecule is CCC(C)[N-]C(C)CC.O=P([O-])(OCC(F)F)OCC(F)F. The van der Waals surface area contributed by atoms with Gasteiger partial charge in [0.05, 0.1) is 0 Å². The average Bonchev–Trinajstić information content (AvgIpc) is 2.43. The van der Waals surface area contributed by atoms with Gasteiger partial charge >= 0.3 is 0 Å². The number of nitrogens with zero attached hydrogens (tertiary/aromatic N) is 1. The van der Waals surface area contributed by atoms with Gasteiger partial charge in [0.2, 0.25) is 0 Å². The van der Waals surface area contributed by atoms with Gasteiger partial charge in [0.25, 0.3) is 20.7 Å². The molecule has 0 fully saturated rings. The van der Waals surface area contributed by atoms with E-state index in [0.29, 0.717) is 12.1 Å². The predicted molar refractivity (Wildman–Crippen MR) is 74.4 cm³/mol. The van der Waals surface area contributed by atoms with E-state index >= 15 is 0 Å². The van der Waals surface area contributed by atoms with Gasteiger partial charge < -0.3 is 19.3 Å². The van der Waals surface area contributed by atoms with Crippen LogP contribution in [0.3, 0.4) is 0 Å². The molecule has 0 bridgehead atoms. The second-order valence-electron chi connectivity index (χ2n) is 4.48. The normalized spacial score (nSPS) is 14.7. The highest BCUT2D eigenvalue weighted by atomic mass is 31.2. The average molecular weight is 353 g/mol. The van der Waals surface area contributed by atoms with E-state index in [9.17, 15) is 27.0 Å². The van der Waals surface area contributed by atoms with Crippen molar-refractivity contribution in [2.75, 3.05) is 13.2 Å². The van der Waals surface area contributed by atoms with Gasteiger partial charge in [0.15, 0.2) is 0 Å². The summed E-state index contributed by atoms with van der Waals surface area (Å²) in [6.45, 7) is 5.90. The molecule has 0 N–H and O–H groups in total. The van der Waals surface area contributed by atoms with Gasteiger partial charge in [0.1, 0.15) is 13.2 Å². The molecule has 0 aliphatic rings. The molecule has 0 aromatic carbocycles. The first kappa shape index (κ1) is 24.0. The summed E-state index contributed by atoms with van der Waals surface area (Å²) < 4.78 is 62.9. The number of phosphoric acid groups is 1. The Morgan fingerprint density at radius 3 is 1.50 bits per heavy atom. The van der Waals surface area contributed by atoms with Crippen molar-refractivity contribution >= 4 is 7.82 Å². The maximum Gasteiger partial charge on any atom is 0.268 e. The lowest BCUT2D eigenvalue weighted by atomic mass is 10.2. The van der Waals surface area contributed by atoms with Gasteiger partial charge in [-0.25, -0.2) is 17.6 Å². The minimum Gasteiger partial charge on any atom is -0.756 e. The van der Waals surface area contributed by atoms with E-state index in [1.54, 1.807) is 0 Å². The molecule has 0 heterocycles. The molecule has 22 heavy (non-hydrogen) atoms. The van der Waals surface area contributed by atoms with Crippen molar-refractivity contribution < 1.29 is 36.1 Å². The summed E-state index contributed by atoms with van der Waals surface area (Å²) >= 11 is 0. The molecule has 10 heteroatoms. The van der Waals surface area contributed by atoms with Gasteiger partial charge in [-0.1, -0.05) is 40.5 Å². The Morgan fingerprint density at radius 1 is 0.955 bits per heavy atom. The van der Waals surface area contributed by atoms with E-state index < -0.39 is 33.9 Å². The van der Waals surface area contributed by atoms with Crippen molar-refractivity contribution in [3.63, 3.8) is 0 Å². The van der Waals surface area contributed by atoms with Crippen LogP contribution < -0.4 is 4.89 Å². The summed E-state index contributed by atoms with van der Waals surface area (Å²) in [6, 6.07) is 1.11. The lowest BCUT2D eigenvalue weighted by Gasteiger charge is -2.33. The van der Waals surface area contributed by atoms with Crippen molar-refractivity contribution in [2.45, 2.75) is 65.5 Å². The van der Waals surface area contributed by atoms with Gasteiger partial charge in [-0.3, -0.25) is 4.57 Å². The third-order valence-corrected chi connectivity index (χ3v) is 3.34. The molecular weight excluding hydrogens is 329 g/mol. The summed E-state index contributed by atoms with van der Waals surface area (Å²) in [5, 5.41) is 4.51. The van der Waals surface area contributed by atoms with Crippen LogP contribution in [0.1, 0.15) is 40.5 Å². The molecule has 0 amide bonds. The number of halogens is 4. The number of phosphoric ester groups is 1. The number of alkyl halides is 4. The molecule has 0 aromatic heterocycles.